The molecule has 2 unspecified atom stereocenters. The molecule has 0 aromatic heterocycles. The number of carbonyl (C=O) groups excluding carboxylic acids is 2. The number of aliphatic hydroxyl groups is 1. The third-order valence-corrected chi connectivity index (χ3v) is 7.67. The Labute approximate surface area is 221 Å². The summed E-state index contributed by atoms with van der Waals surface area (Å²) < 4.78 is 0. The Bertz CT molecular complexity index is 903. The summed E-state index contributed by atoms with van der Waals surface area (Å²) in [5.41, 5.74) is 2.38. The van der Waals surface area contributed by atoms with E-state index in [1.54, 1.807) is 0 Å². The van der Waals surface area contributed by atoms with E-state index in [-0.39, 0.29) is 17.6 Å². The van der Waals surface area contributed by atoms with Crippen molar-refractivity contribution in [1.29, 1.82) is 0 Å². The van der Waals surface area contributed by atoms with Crippen LogP contribution in [0, 0.1) is 11.8 Å². The van der Waals surface area contributed by atoms with Gasteiger partial charge >= 0.3 is 0 Å². The van der Waals surface area contributed by atoms with Crippen molar-refractivity contribution < 1.29 is 14.7 Å². The second-order valence-electron chi connectivity index (χ2n) is 10.1. The van der Waals surface area contributed by atoms with Gasteiger partial charge in [-0.25, -0.2) is 0 Å². The van der Waals surface area contributed by atoms with Crippen molar-refractivity contribution in [3.63, 3.8) is 0 Å². The normalized spacial score (nSPS) is 16.6. The minimum absolute atomic E-state index is 0.131. The molecule has 0 heterocycles. The number of hydrogen-bond acceptors (Lipinski definition) is 4. The summed E-state index contributed by atoms with van der Waals surface area (Å²) in [6, 6.07) is 19.6. The van der Waals surface area contributed by atoms with E-state index >= 15 is 0 Å². The van der Waals surface area contributed by atoms with Gasteiger partial charge in [0.2, 0.25) is 11.8 Å². The van der Waals surface area contributed by atoms with Gasteiger partial charge in [-0.15, -0.1) is 0 Å². The lowest BCUT2D eigenvalue weighted by atomic mass is 9.84. The zero-order chi connectivity index (χ0) is 25.6. The van der Waals surface area contributed by atoms with Gasteiger partial charge in [0.15, 0.2) is 0 Å². The molecular formula is C30H42N2O3S. The molecule has 0 spiro atoms. The predicted molar refractivity (Wildman–Crippen MR) is 149 cm³/mol. The molecule has 2 aromatic rings. The maximum absolute atomic E-state index is 13.4. The van der Waals surface area contributed by atoms with Gasteiger partial charge in [0.05, 0.1) is 12.0 Å². The monoisotopic (exact) mass is 510 g/mol. The first-order valence-electron chi connectivity index (χ1n) is 13.5. The molecule has 1 aliphatic carbocycles. The largest absolute Gasteiger partial charge is 0.391 e. The SMILES string of the molecule is O=C(N[C@@H](CC1CCCCC1)C(=O)NCCc1ccccc1)C(CCCc1ccccc1)C(O)CS. The summed E-state index contributed by atoms with van der Waals surface area (Å²) in [6.45, 7) is 0.527. The lowest BCUT2D eigenvalue weighted by molar-refractivity contribution is -0.133. The highest BCUT2D eigenvalue weighted by molar-refractivity contribution is 7.80. The zero-order valence-electron chi connectivity index (χ0n) is 21.3. The van der Waals surface area contributed by atoms with Crippen LogP contribution in [0.5, 0.6) is 0 Å². The molecule has 0 aliphatic heterocycles. The highest BCUT2D eigenvalue weighted by atomic mass is 32.1. The lowest BCUT2D eigenvalue weighted by Crippen LogP contribution is -2.51. The zero-order valence-corrected chi connectivity index (χ0v) is 22.2. The molecule has 5 nitrogen and oxygen atoms in total. The molecule has 3 rings (SSSR count). The van der Waals surface area contributed by atoms with Crippen molar-refractivity contribution in [1.82, 2.24) is 10.6 Å². The number of amides is 2. The number of benzene rings is 2. The van der Waals surface area contributed by atoms with Crippen molar-refractivity contribution in [3.05, 3.63) is 71.8 Å². The van der Waals surface area contributed by atoms with Gasteiger partial charge in [0.1, 0.15) is 6.04 Å². The van der Waals surface area contributed by atoms with Gasteiger partial charge < -0.3 is 15.7 Å². The molecule has 196 valence electrons. The fourth-order valence-corrected chi connectivity index (χ4v) is 5.42. The summed E-state index contributed by atoms with van der Waals surface area (Å²) in [5, 5.41) is 16.7. The Morgan fingerprint density at radius 2 is 1.50 bits per heavy atom. The third-order valence-electron chi connectivity index (χ3n) is 7.29. The molecule has 1 aliphatic rings. The van der Waals surface area contributed by atoms with Crippen LogP contribution in [0.15, 0.2) is 60.7 Å². The molecule has 6 heteroatoms. The van der Waals surface area contributed by atoms with Crippen LogP contribution in [0.4, 0.5) is 0 Å². The number of carbonyl (C=O) groups is 2. The van der Waals surface area contributed by atoms with Crippen molar-refractivity contribution >= 4 is 24.4 Å². The van der Waals surface area contributed by atoms with E-state index in [0.29, 0.717) is 25.3 Å². The van der Waals surface area contributed by atoms with E-state index in [0.717, 1.165) is 32.1 Å². The molecular weight excluding hydrogens is 468 g/mol. The molecule has 0 saturated heterocycles. The minimum atomic E-state index is -0.847. The van der Waals surface area contributed by atoms with Gasteiger partial charge in [-0.2, -0.15) is 12.6 Å². The summed E-state index contributed by atoms with van der Waals surface area (Å²) in [6.07, 6.45) is 8.53. The van der Waals surface area contributed by atoms with Gasteiger partial charge in [0, 0.05) is 12.3 Å². The molecule has 2 amide bonds. The van der Waals surface area contributed by atoms with E-state index in [4.69, 9.17) is 0 Å². The third kappa shape index (κ3) is 9.62. The van der Waals surface area contributed by atoms with Crippen LogP contribution in [0.3, 0.4) is 0 Å². The van der Waals surface area contributed by atoms with E-state index in [9.17, 15) is 14.7 Å². The summed E-state index contributed by atoms with van der Waals surface area (Å²) >= 11 is 4.25. The highest BCUT2D eigenvalue weighted by Gasteiger charge is 2.31. The van der Waals surface area contributed by atoms with Crippen LogP contribution >= 0.6 is 12.6 Å². The first-order valence-corrected chi connectivity index (χ1v) is 14.1. The maximum atomic E-state index is 13.4. The van der Waals surface area contributed by atoms with E-state index in [2.05, 4.69) is 35.4 Å². The molecule has 1 fully saturated rings. The Morgan fingerprint density at radius 1 is 0.889 bits per heavy atom. The topological polar surface area (TPSA) is 78.4 Å². The Balaban J connectivity index is 1.60. The first kappa shape index (κ1) is 28.3. The molecule has 1 saturated carbocycles. The fraction of sp³-hybridized carbons (Fsp3) is 0.533. The van der Waals surface area contributed by atoms with Crippen LogP contribution < -0.4 is 10.6 Å². The highest BCUT2D eigenvalue weighted by Crippen LogP contribution is 2.28. The van der Waals surface area contributed by atoms with Crippen LogP contribution in [-0.2, 0) is 22.4 Å². The van der Waals surface area contributed by atoms with Gasteiger partial charge in [-0.3, -0.25) is 9.59 Å². The van der Waals surface area contributed by atoms with Crippen molar-refractivity contribution in [2.75, 3.05) is 12.3 Å². The number of aliphatic hydroxyl groups excluding tert-OH is 1. The van der Waals surface area contributed by atoms with E-state index in [1.165, 1.54) is 30.4 Å². The second kappa shape index (κ2) is 15.7. The van der Waals surface area contributed by atoms with E-state index < -0.39 is 18.1 Å². The molecule has 0 bridgehead atoms. The number of nitrogens with one attached hydrogen (secondary N) is 2. The average molecular weight is 511 g/mol. The van der Waals surface area contributed by atoms with Crippen LogP contribution in [-0.4, -0.2) is 41.4 Å². The molecule has 3 N–H and O–H groups in total. The van der Waals surface area contributed by atoms with Gasteiger partial charge in [-0.05, 0) is 49.1 Å². The smallest absolute Gasteiger partial charge is 0.242 e. The summed E-state index contributed by atoms with van der Waals surface area (Å²) in [5.74, 6) is -0.315. The first-order chi connectivity index (χ1) is 17.6. The second-order valence-corrected chi connectivity index (χ2v) is 10.4. The molecule has 2 aromatic carbocycles. The number of hydrogen-bond donors (Lipinski definition) is 4. The van der Waals surface area contributed by atoms with Gasteiger partial charge in [-0.1, -0.05) is 92.8 Å². The fourth-order valence-electron chi connectivity index (χ4n) is 5.16. The van der Waals surface area contributed by atoms with Crippen LogP contribution in [0.2, 0.25) is 0 Å². The molecule has 36 heavy (non-hydrogen) atoms. The standard InChI is InChI=1S/C30H42N2O3S/c33-28(22-36)26(18-10-17-23-11-4-1-5-12-23)29(34)32-27(21-25-15-8-3-9-16-25)30(35)31-20-19-24-13-6-2-7-14-24/h1-2,4-7,11-14,25-28,33,36H,3,8-10,15-22H2,(H,31,35)(H,32,34)/t26?,27-,28?/m0/s1. The van der Waals surface area contributed by atoms with Crippen molar-refractivity contribution in [2.45, 2.75) is 76.4 Å². The van der Waals surface area contributed by atoms with E-state index in [1.807, 2.05) is 48.5 Å². The molecule has 3 atom stereocenters. The van der Waals surface area contributed by atoms with Crippen LogP contribution in [0.1, 0.15) is 62.5 Å². The summed E-state index contributed by atoms with van der Waals surface area (Å²) in [7, 11) is 0. The lowest BCUT2D eigenvalue weighted by Gasteiger charge is -2.29. The van der Waals surface area contributed by atoms with Crippen LogP contribution in [0.25, 0.3) is 0 Å². The number of rotatable bonds is 14. The predicted octanol–water partition coefficient (Wildman–Crippen LogP) is 4.73. The summed E-state index contributed by atoms with van der Waals surface area (Å²) in [4.78, 5) is 26.6. The average Bonchev–Trinajstić information content (AvgIpc) is 2.92. The number of aryl methyl sites for hydroxylation is 1. The van der Waals surface area contributed by atoms with Crippen molar-refractivity contribution in [3.8, 4) is 0 Å². The Morgan fingerprint density at radius 3 is 2.11 bits per heavy atom. The number of thiol groups is 1. The van der Waals surface area contributed by atoms with Crippen molar-refractivity contribution in [2.24, 2.45) is 11.8 Å². The Hall–Kier alpha value is -2.31. The maximum Gasteiger partial charge on any atom is 0.242 e. The van der Waals surface area contributed by atoms with Gasteiger partial charge in [0.25, 0.3) is 0 Å². The molecule has 0 radical (unpaired) electrons. The Kier molecular flexibility index (Phi) is 12.3. The quantitative estimate of drug-likeness (QED) is 0.278. The minimum Gasteiger partial charge on any atom is -0.391 e.